The first-order chi connectivity index (χ1) is 13.7. The molecule has 0 amide bonds. The summed E-state index contributed by atoms with van der Waals surface area (Å²) >= 11 is 0. The van der Waals surface area contributed by atoms with E-state index in [4.69, 9.17) is 4.52 Å². The van der Waals surface area contributed by atoms with Crippen molar-refractivity contribution in [2.24, 2.45) is 0 Å². The third-order valence-corrected chi connectivity index (χ3v) is 4.25. The molecule has 1 aromatic carbocycles. The second-order valence-electron chi connectivity index (χ2n) is 7.78. The van der Waals surface area contributed by atoms with Crippen LogP contribution in [0.1, 0.15) is 45.9 Å². The average Bonchev–Trinajstić information content (AvgIpc) is 3.14. The molecule has 0 radical (unpaired) electrons. The number of benzene rings is 1. The monoisotopic (exact) mass is 389 g/mol. The van der Waals surface area contributed by atoms with Crippen molar-refractivity contribution in [1.29, 1.82) is 0 Å². The Hall–Kier alpha value is -3.27. The van der Waals surface area contributed by atoms with Crippen LogP contribution >= 0.6 is 0 Å². The van der Waals surface area contributed by atoms with Crippen molar-refractivity contribution in [3.8, 4) is 0 Å². The molecular weight excluding hydrogens is 358 g/mol. The van der Waals surface area contributed by atoms with Crippen molar-refractivity contribution < 1.29 is 4.52 Å². The van der Waals surface area contributed by atoms with Gasteiger partial charge in [-0.25, -0.2) is 0 Å². The molecule has 0 aliphatic heterocycles. The fourth-order valence-electron chi connectivity index (χ4n) is 2.55. The Morgan fingerprint density at radius 1 is 1.00 bits per heavy atom. The van der Waals surface area contributed by atoms with E-state index in [9.17, 15) is 0 Å². The molecule has 1 aromatic heterocycles. The van der Waals surface area contributed by atoms with E-state index in [0.717, 1.165) is 28.2 Å². The van der Waals surface area contributed by atoms with E-state index < -0.39 is 0 Å². The fraction of sp³-hybridized carbons (Fsp3) is 0.240. The molecule has 0 fully saturated rings. The van der Waals surface area contributed by atoms with Gasteiger partial charge in [-0.3, -0.25) is 0 Å². The van der Waals surface area contributed by atoms with Gasteiger partial charge in [0.05, 0.1) is 0 Å². The molecule has 4 nitrogen and oxygen atoms in total. The number of anilines is 2. The first-order valence-corrected chi connectivity index (χ1v) is 9.69. The Balaban J connectivity index is 1.96. The summed E-state index contributed by atoms with van der Waals surface area (Å²) in [5, 5.41) is 10.4. The lowest BCUT2D eigenvalue weighted by Crippen LogP contribution is -2.10. The quantitative estimate of drug-likeness (QED) is 0.475. The predicted octanol–water partition coefficient (Wildman–Crippen LogP) is 7.06. The molecule has 1 heterocycles. The van der Waals surface area contributed by atoms with Gasteiger partial charge in [0, 0.05) is 17.2 Å². The van der Waals surface area contributed by atoms with Crippen LogP contribution in [0.4, 0.5) is 11.5 Å². The fourth-order valence-corrected chi connectivity index (χ4v) is 2.55. The van der Waals surface area contributed by atoms with E-state index in [1.165, 1.54) is 0 Å². The zero-order chi connectivity index (χ0) is 21.4. The number of aromatic nitrogens is 1. The minimum Gasteiger partial charge on any atom is -0.359 e. The Morgan fingerprint density at radius 3 is 2.24 bits per heavy atom. The highest BCUT2D eigenvalue weighted by Crippen LogP contribution is 2.25. The highest BCUT2D eigenvalue weighted by molar-refractivity contribution is 5.74. The molecular formula is C25H31N3O. The van der Waals surface area contributed by atoms with Crippen LogP contribution in [0.15, 0.2) is 89.8 Å². The number of nitrogens with zero attached hydrogens (tertiary/aromatic N) is 1. The number of nitrogens with one attached hydrogen (secondary N) is 2. The summed E-state index contributed by atoms with van der Waals surface area (Å²) in [5.41, 5.74) is 4.00. The van der Waals surface area contributed by atoms with E-state index >= 15 is 0 Å². The maximum atomic E-state index is 5.38. The van der Waals surface area contributed by atoms with E-state index in [0.29, 0.717) is 11.6 Å². The number of rotatable bonds is 8. The molecule has 0 saturated heterocycles. The summed E-state index contributed by atoms with van der Waals surface area (Å²) in [6, 6.07) is 9.93. The molecule has 2 rings (SSSR count). The predicted molar refractivity (Wildman–Crippen MR) is 125 cm³/mol. The lowest BCUT2D eigenvalue weighted by atomic mass is 9.93. The van der Waals surface area contributed by atoms with Gasteiger partial charge in [-0.15, -0.1) is 0 Å². The molecule has 0 bridgehead atoms. The number of hydrogen-bond acceptors (Lipinski definition) is 4. The van der Waals surface area contributed by atoms with E-state index in [-0.39, 0.29) is 5.41 Å². The van der Waals surface area contributed by atoms with Crippen LogP contribution in [-0.4, -0.2) is 5.16 Å². The van der Waals surface area contributed by atoms with Gasteiger partial charge >= 0.3 is 0 Å². The molecule has 0 unspecified atom stereocenters. The Labute approximate surface area is 174 Å². The van der Waals surface area contributed by atoms with Crippen molar-refractivity contribution in [2.45, 2.75) is 40.0 Å². The molecule has 0 saturated carbocycles. The summed E-state index contributed by atoms with van der Waals surface area (Å²) in [7, 11) is 0. The zero-order valence-corrected chi connectivity index (χ0v) is 18.0. The van der Waals surface area contributed by atoms with Gasteiger partial charge in [0.1, 0.15) is 11.6 Å². The van der Waals surface area contributed by atoms with Crippen LogP contribution in [0, 0.1) is 0 Å². The molecule has 2 N–H and O–H groups in total. The van der Waals surface area contributed by atoms with Crippen LogP contribution < -0.4 is 10.6 Å². The summed E-state index contributed by atoms with van der Waals surface area (Å²) in [4.78, 5) is 0. The van der Waals surface area contributed by atoms with Crippen molar-refractivity contribution >= 4 is 17.1 Å². The minimum absolute atomic E-state index is 0.0884. The first kappa shape index (κ1) is 22.0. The third-order valence-electron chi connectivity index (χ3n) is 4.25. The highest BCUT2D eigenvalue weighted by Gasteiger charge is 2.19. The van der Waals surface area contributed by atoms with E-state index in [1.54, 1.807) is 0 Å². The van der Waals surface area contributed by atoms with Gasteiger partial charge < -0.3 is 15.2 Å². The van der Waals surface area contributed by atoms with Crippen molar-refractivity contribution in [3.05, 3.63) is 96.6 Å². The Kier molecular flexibility index (Phi) is 7.43. The Bertz CT molecular complexity index is 935. The van der Waals surface area contributed by atoms with Crippen molar-refractivity contribution in [1.82, 2.24) is 5.16 Å². The summed E-state index contributed by atoms with van der Waals surface area (Å²) in [6.45, 7) is 18.4. The van der Waals surface area contributed by atoms with Crippen LogP contribution in [0.5, 0.6) is 0 Å². The first-order valence-electron chi connectivity index (χ1n) is 9.69. The molecule has 2 aromatic rings. The third kappa shape index (κ3) is 6.68. The average molecular weight is 390 g/mol. The molecule has 0 aliphatic carbocycles. The van der Waals surface area contributed by atoms with Gasteiger partial charge in [-0.2, -0.15) is 0 Å². The van der Waals surface area contributed by atoms with Gasteiger partial charge in [0.25, 0.3) is 0 Å². The lowest BCUT2D eigenvalue weighted by molar-refractivity contribution is 0.331. The SMILES string of the molecule is C=C(Nc1ccc(C(=C)/C=C/C(/C=C\C)=C/C)cc1)Nc1cc(C(C)(C)C)on1. The van der Waals surface area contributed by atoms with Gasteiger partial charge in [-0.1, -0.05) is 81.6 Å². The zero-order valence-electron chi connectivity index (χ0n) is 18.0. The van der Waals surface area contributed by atoms with Crippen LogP contribution in [0.3, 0.4) is 0 Å². The van der Waals surface area contributed by atoms with Crippen LogP contribution in [-0.2, 0) is 5.41 Å². The van der Waals surface area contributed by atoms with Gasteiger partial charge in [0.15, 0.2) is 5.82 Å². The van der Waals surface area contributed by atoms with Crippen LogP contribution in [0.25, 0.3) is 5.57 Å². The summed E-state index contributed by atoms with van der Waals surface area (Å²) in [5.74, 6) is 2.07. The van der Waals surface area contributed by atoms with E-state index in [1.807, 2.05) is 56.3 Å². The molecule has 0 aliphatic rings. The summed E-state index contributed by atoms with van der Waals surface area (Å²) in [6.07, 6.45) is 10.2. The number of hydrogen-bond donors (Lipinski definition) is 2. The summed E-state index contributed by atoms with van der Waals surface area (Å²) < 4.78 is 5.38. The lowest BCUT2D eigenvalue weighted by Gasteiger charge is -2.12. The normalized spacial score (nSPS) is 12.5. The topological polar surface area (TPSA) is 50.1 Å². The second kappa shape index (κ2) is 9.78. The largest absolute Gasteiger partial charge is 0.359 e. The smallest absolute Gasteiger partial charge is 0.175 e. The standard InChI is InChI=1S/C25H31N3O/c1-8-10-20(9-2)12-11-18(3)21-13-15-22(16-14-21)26-19(4)27-24-17-23(29-28-24)25(5,6)7/h8-17,26H,3-4H2,1-2,5-7H3,(H,27,28)/b10-8-,12-11+,20-9+. The molecule has 4 heteroatoms. The molecule has 0 spiro atoms. The Morgan fingerprint density at radius 2 is 1.69 bits per heavy atom. The van der Waals surface area contributed by atoms with Crippen molar-refractivity contribution in [3.63, 3.8) is 0 Å². The molecule has 29 heavy (non-hydrogen) atoms. The van der Waals surface area contributed by atoms with E-state index in [2.05, 4.69) is 67.9 Å². The minimum atomic E-state index is -0.0884. The highest BCUT2D eigenvalue weighted by atomic mass is 16.5. The molecule has 0 atom stereocenters. The van der Waals surface area contributed by atoms with Crippen LogP contribution in [0.2, 0.25) is 0 Å². The second-order valence-corrected chi connectivity index (χ2v) is 7.78. The molecule has 152 valence electrons. The maximum Gasteiger partial charge on any atom is 0.175 e. The maximum absolute atomic E-state index is 5.38. The van der Waals surface area contributed by atoms with Crippen molar-refractivity contribution in [2.75, 3.05) is 10.6 Å². The van der Waals surface area contributed by atoms with Gasteiger partial charge in [0.2, 0.25) is 0 Å². The van der Waals surface area contributed by atoms with Gasteiger partial charge in [-0.05, 0) is 42.7 Å². The number of allylic oxidation sites excluding steroid dienone is 7.